The third-order valence-electron chi connectivity index (χ3n) is 2.31. The van der Waals surface area contributed by atoms with E-state index in [-0.39, 0.29) is 0 Å². The van der Waals surface area contributed by atoms with Crippen LogP contribution in [-0.2, 0) is 17.3 Å². The molecule has 0 bridgehead atoms. The normalized spacial score (nSPS) is 13.3. The molecule has 1 aromatic rings. The molecule has 0 aliphatic rings. The number of nitrogens with one attached hydrogen (secondary N) is 1. The fourth-order valence-corrected chi connectivity index (χ4v) is 2.33. The second-order valence-electron chi connectivity index (χ2n) is 3.96. The molecule has 0 saturated heterocycles. The van der Waals surface area contributed by atoms with Crippen molar-refractivity contribution in [2.24, 2.45) is 0 Å². The number of rotatable bonds is 5. The van der Waals surface area contributed by atoms with Gasteiger partial charge in [-0.15, -0.1) is 0 Å². The minimum Gasteiger partial charge on any atom is -0.337 e. The summed E-state index contributed by atoms with van der Waals surface area (Å²) >= 11 is 5.20. The first-order chi connectivity index (χ1) is 7.02. The molecule has 0 aromatic carbocycles. The lowest BCUT2D eigenvalue weighted by Crippen LogP contribution is -2.07. The summed E-state index contributed by atoms with van der Waals surface area (Å²) in [5.41, 5.74) is 1.22. The average molecular weight is 246 g/mol. The van der Waals surface area contributed by atoms with Gasteiger partial charge in [0, 0.05) is 41.2 Å². The summed E-state index contributed by atoms with van der Waals surface area (Å²) in [7, 11) is -0.709. The Morgan fingerprint density at radius 3 is 2.80 bits per heavy atom. The number of aromatic amines is 1. The Kier molecular flexibility index (Phi) is 4.73. The molecule has 15 heavy (non-hydrogen) atoms. The number of hydrogen-bond donors (Lipinski definition) is 1. The largest absolute Gasteiger partial charge is 0.337 e. The maximum absolute atomic E-state index is 10.9. The van der Waals surface area contributed by atoms with Gasteiger partial charge in [0.05, 0.1) is 0 Å². The molecule has 0 aliphatic carbocycles. The van der Waals surface area contributed by atoms with E-state index < -0.39 is 10.8 Å². The van der Waals surface area contributed by atoms with Gasteiger partial charge < -0.3 is 9.55 Å². The van der Waals surface area contributed by atoms with Crippen LogP contribution >= 0.6 is 12.2 Å². The van der Waals surface area contributed by atoms with Gasteiger partial charge in [-0.2, -0.15) is 0 Å². The highest BCUT2D eigenvalue weighted by Crippen LogP contribution is 2.14. The Bertz CT molecular complexity index is 392. The van der Waals surface area contributed by atoms with Gasteiger partial charge in [-0.1, -0.05) is 13.8 Å². The van der Waals surface area contributed by atoms with Crippen molar-refractivity contribution < 1.29 is 4.21 Å². The molecule has 1 heterocycles. The van der Waals surface area contributed by atoms with Gasteiger partial charge in [0.2, 0.25) is 0 Å². The minimum absolute atomic E-state index is 0.463. The molecule has 86 valence electrons. The van der Waals surface area contributed by atoms with Crippen LogP contribution in [0.1, 0.15) is 31.9 Å². The lowest BCUT2D eigenvalue weighted by molar-refractivity contribution is 0.614. The molecule has 0 spiro atoms. The summed E-state index contributed by atoms with van der Waals surface area (Å²) in [6.07, 6.45) is 4.62. The van der Waals surface area contributed by atoms with Crippen molar-refractivity contribution in [3.8, 4) is 0 Å². The smallest absolute Gasteiger partial charge is 0.177 e. The number of hydrogen-bond acceptors (Lipinski definition) is 2. The van der Waals surface area contributed by atoms with Gasteiger partial charge in [-0.05, 0) is 24.6 Å². The first-order valence-corrected chi connectivity index (χ1v) is 7.24. The fourth-order valence-electron chi connectivity index (χ4n) is 1.54. The summed E-state index contributed by atoms with van der Waals surface area (Å²) in [5, 5.41) is 0. The van der Waals surface area contributed by atoms with Crippen LogP contribution in [-0.4, -0.2) is 25.8 Å². The van der Waals surface area contributed by atoms with Crippen molar-refractivity contribution in [1.29, 1.82) is 0 Å². The fraction of sp³-hybridized carbons (Fsp3) is 0.700. The Hall–Kier alpha value is -0.420. The van der Waals surface area contributed by atoms with E-state index in [0.29, 0.717) is 5.92 Å². The molecular weight excluding hydrogens is 228 g/mol. The number of imidazole rings is 1. The van der Waals surface area contributed by atoms with E-state index in [1.165, 1.54) is 5.69 Å². The van der Waals surface area contributed by atoms with Gasteiger partial charge in [0.25, 0.3) is 0 Å². The SMILES string of the molecule is CC(C)c1c[nH]c(=S)n1CCCS(C)=O. The van der Waals surface area contributed by atoms with E-state index >= 15 is 0 Å². The van der Waals surface area contributed by atoms with E-state index in [4.69, 9.17) is 12.2 Å². The van der Waals surface area contributed by atoms with Gasteiger partial charge in [-0.25, -0.2) is 0 Å². The molecule has 0 saturated carbocycles. The van der Waals surface area contributed by atoms with Crippen molar-refractivity contribution in [1.82, 2.24) is 9.55 Å². The van der Waals surface area contributed by atoms with Crippen LogP contribution in [0, 0.1) is 4.77 Å². The Balaban J connectivity index is 2.71. The van der Waals surface area contributed by atoms with E-state index in [9.17, 15) is 4.21 Å². The molecule has 1 unspecified atom stereocenters. The van der Waals surface area contributed by atoms with Crippen molar-refractivity contribution in [2.75, 3.05) is 12.0 Å². The van der Waals surface area contributed by atoms with Gasteiger partial charge in [-0.3, -0.25) is 4.21 Å². The van der Waals surface area contributed by atoms with Crippen LogP contribution in [0.3, 0.4) is 0 Å². The molecule has 0 fully saturated rings. The Morgan fingerprint density at radius 1 is 1.60 bits per heavy atom. The van der Waals surface area contributed by atoms with Crippen LogP contribution < -0.4 is 0 Å². The topological polar surface area (TPSA) is 37.8 Å². The highest BCUT2D eigenvalue weighted by atomic mass is 32.2. The van der Waals surface area contributed by atoms with E-state index in [1.807, 2.05) is 6.20 Å². The molecule has 0 radical (unpaired) electrons. The van der Waals surface area contributed by atoms with Crippen LogP contribution in [0.2, 0.25) is 0 Å². The predicted octanol–water partition coefficient (Wildman–Crippen LogP) is 2.44. The van der Waals surface area contributed by atoms with Crippen molar-refractivity contribution in [2.45, 2.75) is 32.7 Å². The molecule has 3 nitrogen and oxygen atoms in total. The zero-order valence-electron chi connectivity index (χ0n) is 9.45. The minimum atomic E-state index is -0.709. The molecule has 0 aliphatic heterocycles. The maximum Gasteiger partial charge on any atom is 0.177 e. The standard InChI is InChI=1S/C10H18N2OS2/c1-8(2)9-7-11-10(14)12(9)5-4-6-15(3)13/h7-8H,4-6H2,1-3H3,(H,11,14). The highest BCUT2D eigenvalue weighted by Gasteiger charge is 2.07. The zero-order valence-corrected chi connectivity index (χ0v) is 11.1. The quantitative estimate of drug-likeness (QED) is 0.810. The summed E-state index contributed by atoms with van der Waals surface area (Å²) in [5.74, 6) is 1.20. The zero-order chi connectivity index (χ0) is 11.4. The van der Waals surface area contributed by atoms with Gasteiger partial charge >= 0.3 is 0 Å². The lowest BCUT2D eigenvalue weighted by atomic mass is 10.1. The second kappa shape index (κ2) is 5.61. The molecule has 0 amide bonds. The number of nitrogens with zero attached hydrogens (tertiary/aromatic N) is 1. The average Bonchev–Trinajstić information content (AvgIpc) is 2.47. The molecular formula is C10H18N2OS2. The van der Waals surface area contributed by atoms with Crippen molar-refractivity contribution in [3.63, 3.8) is 0 Å². The van der Waals surface area contributed by atoms with Gasteiger partial charge in [0.1, 0.15) is 0 Å². The monoisotopic (exact) mass is 246 g/mol. The molecule has 5 heteroatoms. The molecule has 1 rings (SSSR count). The van der Waals surface area contributed by atoms with E-state index in [0.717, 1.165) is 23.5 Å². The first kappa shape index (κ1) is 12.6. The summed E-state index contributed by atoms with van der Waals surface area (Å²) in [6, 6.07) is 0. The lowest BCUT2D eigenvalue weighted by Gasteiger charge is -2.10. The van der Waals surface area contributed by atoms with E-state index in [2.05, 4.69) is 23.4 Å². The predicted molar refractivity (Wildman–Crippen MR) is 67.3 cm³/mol. The molecule has 1 N–H and O–H groups in total. The summed E-state index contributed by atoms with van der Waals surface area (Å²) < 4.78 is 13.8. The maximum atomic E-state index is 10.9. The second-order valence-corrected chi connectivity index (χ2v) is 5.90. The first-order valence-electron chi connectivity index (χ1n) is 5.10. The van der Waals surface area contributed by atoms with Crippen LogP contribution in [0.25, 0.3) is 0 Å². The highest BCUT2D eigenvalue weighted by molar-refractivity contribution is 7.84. The molecule has 1 atom stereocenters. The Morgan fingerprint density at radius 2 is 2.27 bits per heavy atom. The van der Waals surface area contributed by atoms with Crippen molar-refractivity contribution in [3.05, 3.63) is 16.7 Å². The Labute approximate surface area is 98.4 Å². The summed E-state index contributed by atoms with van der Waals surface area (Å²) in [6.45, 7) is 5.15. The van der Waals surface area contributed by atoms with E-state index in [1.54, 1.807) is 6.26 Å². The number of aromatic nitrogens is 2. The molecule has 1 aromatic heterocycles. The summed E-state index contributed by atoms with van der Waals surface area (Å²) in [4.78, 5) is 3.06. The van der Waals surface area contributed by atoms with Gasteiger partial charge in [0.15, 0.2) is 4.77 Å². The number of H-pyrrole nitrogens is 1. The van der Waals surface area contributed by atoms with Crippen LogP contribution in [0.5, 0.6) is 0 Å². The third-order valence-corrected chi connectivity index (χ3v) is 3.51. The third kappa shape index (κ3) is 3.57. The van der Waals surface area contributed by atoms with Crippen LogP contribution in [0.4, 0.5) is 0 Å². The van der Waals surface area contributed by atoms with Crippen LogP contribution in [0.15, 0.2) is 6.20 Å². The van der Waals surface area contributed by atoms with Crippen molar-refractivity contribution >= 4 is 23.0 Å².